The van der Waals surface area contributed by atoms with E-state index < -0.39 is 6.04 Å². The van der Waals surface area contributed by atoms with Gasteiger partial charge in [0.1, 0.15) is 5.82 Å². The topological polar surface area (TPSA) is 72.3 Å². The lowest BCUT2D eigenvalue weighted by Gasteiger charge is -2.36. The Morgan fingerprint density at radius 2 is 1.86 bits per heavy atom. The number of ether oxygens (including phenoxy) is 1. The van der Waals surface area contributed by atoms with Gasteiger partial charge in [-0.05, 0) is 37.6 Å². The highest BCUT2D eigenvalue weighted by Crippen LogP contribution is 2.22. The fourth-order valence-electron chi connectivity index (χ4n) is 3.72. The molecule has 1 saturated heterocycles. The molecular formula is C22H25N5O2. The largest absolute Gasteiger partial charge is 0.372 e. The zero-order chi connectivity index (χ0) is 20.2. The third kappa shape index (κ3) is 4.46. The van der Waals surface area contributed by atoms with Gasteiger partial charge in [-0.2, -0.15) is 5.10 Å². The van der Waals surface area contributed by atoms with Crippen molar-refractivity contribution in [3.8, 4) is 0 Å². The standard InChI is InChI=1S/C22H25N5O2/c1-16-14-26(15-17(2)29-16)20-10-9-19(13-23-20)25-22(28)21(27-12-6-11-24-27)18-7-4-3-5-8-18/h3-13,16-17,21H,14-15H2,1-2H3,(H,25,28). The Labute approximate surface area is 170 Å². The molecule has 150 valence electrons. The van der Waals surface area contributed by atoms with E-state index in [2.05, 4.69) is 34.1 Å². The summed E-state index contributed by atoms with van der Waals surface area (Å²) in [6.45, 7) is 5.74. The number of carbonyl (C=O) groups excluding carboxylic acids is 1. The minimum absolute atomic E-state index is 0.164. The number of nitrogens with one attached hydrogen (secondary N) is 1. The molecule has 29 heavy (non-hydrogen) atoms. The highest BCUT2D eigenvalue weighted by molar-refractivity contribution is 5.95. The van der Waals surface area contributed by atoms with Crippen molar-refractivity contribution in [2.24, 2.45) is 0 Å². The third-order valence-corrected chi connectivity index (χ3v) is 4.91. The summed E-state index contributed by atoms with van der Waals surface area (Å²) in [5.74, 6) is 0.722. The lowest BCUT2D eigenvalue weighted by molar-refractivity contribution is -0.118. The molecule has 0 spiro atoms. The zero-order valence-electron chi connectivity index (χ0n) is 16.6. The molecule has 1 aromatic carbocycles. The smallest absolute Gasteiger partial charge is 0.253 e. The van der Waals surface area contributed by atoms with Crippen LogP contribution in [0.4, 0.5) is 11.5 Å². The molecule has 1 amide bonds. The highest BCUT2D eigenvalue weighted by Gasteiger charge is 2.25. The van der Waals surface area contributed by atoms with E-state index in [0.717, 1.165) is 24.5 Å². The van der Waals surface area contributed by atoms with Gasteiger partial charge in [0.25, 0.3) is 5.91 Å². The minimum Gasteiger partial charge on any atom is -0.372 e. The molecule has 2 aromatic heterocycles. The molecule has 0 radical (unpaired) electrons. The van der Waals surface area contributed by atoms with Crippen molar-refractivity contribution in [1.82, 2.24) is 14.8 Å². The van der Waals surface area contributed by atoms with Crippen LogP contribution in [-0.2, 0) is 9.53 Å². The van der Waals surface area contributed by atoms with Crippen LogP contribution in [0.5, 0.6) is 0 Å². The van der Waals surface area contributed by atoms with Gasteiger partial charge in [-0.1, -0.05) is 30.3 Å². The van der Waals surface area contributed by atoms with Gasteiger partial charge in [-0.15, -0.1) is 0 Å². The predicted octanol–water partition coefficient (Wildman–Crippen LogP) is 3.12. The molecule has 4 rings (SSSR count). The van der Waals surface area contributed by atoms with Crippen molar-refractivity contribution < 1.29 is 9.53 Å². The molecule has 1 fully saturated rings. The van der Waals surface area contributed by atoms with Crippen molar-refractivity contribution in [2.75, 3.05) is 23.3 Å². The molecule has 3 atom stereocenters. The first-order valence-corrected chi connectivity index (χ1v) is 9.81. The summed E-state index contributed by atoms with van der Waals surface area (Å²) in [4.78, 5) is 19.8. The second kappa shape index (κ2) is 8.45. The number of nitrogens with zero attached hydrogens (tertiary/aromatic N) is 4. The summed E-state index contributed by atoms with van der Waals surface area (Å²) in [5, 5.41) is 7.24. The van der Waals surface area contributed by atoms with Gasteiger partial charge in [0.15, 0.2) is 6.04 Å². The van der Waals surface area contributed by atoms with Crippen LogP contribution in [0.15, 0.2) is 67.1 Å². The van der Waals surface area contributed by atoms with E-state index in [9.17, 15) is 4.79 Å². The van der Waals surface area contributed by atoms with Gasteiger partial charge in [-0.3, -0.25) is 9.48 Å². The molecule has 0 saturated carbocycles. The third-order valence-electron chi connectivity index (χ3n) is 4.91. The quantitative estimate of drug-likeness (QED) is 0.724. The van der Waals surface area contributed by atoms with Crippen molar-refractivity contribution in [2.45, 2.75) is 32.1 Å². The maximum absolute atomic E-state index is 13.1. The first-order chi connectivity index (χ1) is 14.1. The Bertz CT molecular complexity index is 918. The maximum atomic E-state index is 13.1. The van der Waals surface area contributed by atoms with Crippen molar-refractivity contribution >= 4 is 17.4 Å². The number of benzene rings is 1. The van der Waals surface area contributed by atoms with Crippen LogP contribution < -0.4 is 10.2 Å². The van der Waals surface area contributed by atoms with Gasteiger partial charge >= 0.3 is 0 Å². The Morgan fingerprint density at radius 3 is 2.48 bits per heavy atom. The van der Waals surface area contributed by atoms with Crippen LogP contribution in [0, 0.1) is 0 Å². The maximum Gasteiger partial charge on any atom is 0.253 e. The molecule has 1 aliphatic heterocycles. The molecule has 0 bridgehead atoms. The van der Waals surface area contributed by atoms with Crippen molar-refractivity contribution in [3.63, 3.8) is 0 Å². The first-order valence-electron chi connectivity index (χ1n) is 9.81. The number of morpholine rings is 1. The fraction of sp³-hybridized carbons (Fsp3) is 0.318. The van der Waals surface area contributed by atoms with E-state index >= 15 is 0 Å². The highest BCUT2D eigenvalue weighted by atomic mass is 16.5. The minimum atomic E-state index is -0.549. The Balaban J connectivity index is 1.50. The van der Waals surface area contributed by atoms with E-state index in [4.69, 9.17) is 4.74 Å². The number of rotatable bonds is 5. The molecule has 7 nitrogen and oxygen atoms in total. The van der Waals surface area contributed by atoms with Gasteiger partial charge in [0, 0.05) is 25.5 Å². The lowest BCUT2D eigenvalue weighted by atomic mass is 10.1. The molecule has 1 aliphatic rings. The number of hydrogen-bond donors (Lipinski definition) is 1. The number of hydrogen-bond acceptors (Lipinski definition) is 5. The second-order valence-corrected chi connectivity index (χ2v) is 7.36. The Morgan fingerprint density at radius 1 is 1.10 bits per heavy atom. The molecular weight excluding hydrogens is 366 g/mol. The summed E-state index contributed by atoms with van der Waals surface area (Å²) in [7, 11) is 0. The molecule has 3 heterocycles. The van der Waals surface area contributed by atoms with Crippen LogP contribution in [0.3, 0.4) is 0 Å². The summed E-state index contributed by atoms with van der Waals surface area (Å²) < 4.78 is 7.44. The average Bonchev–Trinajstić information content (AvgIpc) is 3.23. The van der Waals surface area contributed by atoms with E-state index in [1.54, 1.807) is 23.3 Å². The van der Waals surface area contributed by atoms with Crippen molar-refractivity contribution in [1.29, 1.82) is 0 Å². The Kier molecular flexibility index (Phi) is 5.57. The summed E-state index contributed by atoms with van der Waals surface area (Å²) in [6.07, 6.45) is 5.49. The van der Waals surface area contributed by atoms with Gasteiger partial charge in [-0.25, -0.2) is 4.98 Å². The fourth-order valence-corrected chi connectivity index (χ4v) is 3.72. The zero-order valence-corrected chi connectivity index (χ0v) is 16.6. The van der Waals surface area contributed by atoms with Gasteiger partial charge in [0.2, 0.25) is 0 Å². The van der Waals surface area contributed by atoms with E-state index in [0.29, 0.717) is 5.69 Å². The summed E-state index contributed by atoms with van der Waals surface area (Å²) in [6, 6.07) is 14.7. The molecule has 1 N–H and O–H groups in total. The number of amides is 1. The van der Waals surface area contributed by atoms with Crippen LogP contribution in [0.2, 0.25) is 0 Å². The lowest BCUT2D eigenvalue weighted by Crippen LogP contribution is -2.45. The number of carbonyl (C=O) groups is 1. The van der Waals surface area contributed by atoms with E-state index in [1.165, 1.54) is 0 Å². The van der Waals surface area contributed by atoms with Crippen LogP contribution in [0.1, 0.15) is 25.5 Å². The number of anilines is 2. The van der Waals surface area contributed by atoms with Gasteiger partial charge < -0.3 is 15.0 Å². The average molecular weight is 391 g/mol. The second-order valence-electron chi connectivity index (χ2n) is 7.36. The van der Waals surface area contributed by atoms with Crippen molar-refractivity contribution in [3.05, 3.63) is 72.7 Å². The molecule has 3 unspecified atom stereocenters. The number of aromatic nitrogens is 3. The van der Waals surface area contributed by atoms with Crippen LogP contribution >= 0.6 is 0 Å². The normalized spacial score (nSPS) is 20.3. The SMILES string of the molecule is CC1CN(c2ccc(NC(=O)C(c3ccccc3)n3cccn3)cn2)CC(C)O1. The van der Waals surface area contributed by atoms with Gasteiger partial charge in [0.05, 0.1) is 24.1 Å². The molecule has 7 heteroatoms. The van der Waals surface area contributed by atoms with Crippen LogP contribution in [0.25, 0.3) is 0 Å². The van der Waals surface area contributed by atoms with E-state index in [1.807, 2.05) is 48.5 Å². The Hall–Kier alpha value is -3.19. The molecule has 0 aliphatic carbocycles. The monoisotopic (exact) mass is 391 g/mol. The summed E-state index contributed by atoms with van der Waals surface area (Å²) >= 11 is 0. The molecule has 3 aromatic rings. The number of pyridine rings is 1. The predicted molar refractivity (Wildman–Crippen MR) is 112 cm³/mol. The summed E-state index contributed by atoms with van der Waals surface area (Å²) in [5.41, 5.74) is 1.52. The van der Waals surface area contributed by atoms with Crippen LogP contribution in [-0.4, -0.2) is 46.0 Å². The first kappa shape index (κ1) is 19.1. The van der Waals surface area contributed by atoms with E-state index in [-0.39, 0.29) is 18.1 Å².